The summed E-state index contributed by atoms with van der Waals surface area (Å²) in [5, 5.41) is 9.57. The van der Waals surface area contributed by atoms with Crippen LogP contribution >= 0.6 is 0 Å². The van der Waals surface area contributed by atoms with Crippen molar-refractivity contribution in [3.8, 4) is 6.07 Å². The Labute approximate surface area is 152 Å². The molecule has 0 N–H and O–H groups in total. The van der Waals surface area contributed by atoms with Crippen molar-refractivity contribution in [1.82, 2.24) is 0 Å². The summed E-state index contributed by atoms with van der Waals surface area (Å²) in [5.74, 6) is 1.12. The lowest BCUT2D eigenvalue weighted by atomic mass is 9.68. The molecule has 3 nitrogen and oxygen atoms in total. The van der Waals surface area contributed by atoms with E-state index in [2.05, 4.69) is 44.2 Å². The van der Waals surface area contributed by atoms with Gasteiger partial charge in [-0.3, -0.25) is 0 Å². The van der Waals surface area contributed by atoms with Crippen molar-refractivity contribution >= 4 is 0 Å². The Bertz CT molecular complexity index is 573. The summed E-state index contributed by atoms with van der Waals surface area (Å²) < 4.78 is 11.7. The first kappa shape index (κ1) is 18.4. The average molecular weight is 341 g/mol. The third-order valence-corrected chi connectivity index (χ3v) is 6.13. The van der Waals surface area contributed by atoms with Crippen LogP contribution in [-0.4, -0.2) is 13.2 Å². The second kappa shape index (κ2) is 8.34. The fourth-order valence-electron chi connectivity index (χ4n) is 4.30. The molecule has 25 heavy (non-hydrogen) atoms. The number of nitrogens with zero attached hydrogens (tertiary/aromatic N) is 1. The molecule has 0 spiro atoms. The summed E-state index contributed by atoms with van der Waals surface area (Å²) in [4.78, 5) is 0. The predicted octanol–water partition coefficient (Wildman–Crippen LogP) is 5.73. The lowest BCUT2D eigenvalue weighted by molar-refractivity contribution is -0.205. The number of hydrogen-bond acceptors (Lipinski definition) is 3. The topological polar surface area (TPSA) is 42.2 Å². The molecule has 0 unspecified atom stereocenters. The van der Waals surface area contributed by atoms with Crippen LogP contribution in [0.3, 0.4) is 0 Å². The highest BCUT2D eigenvalue weighted by atomic mass is 16.7. The van der Waals surface area contributed by atoms with Crippen molar-refractivity contribution in [1.29, 1.82) is 5.26 Å². The van der Waals surface area contributed by atoms with Gasteiger partial charge in [0.05, 0.1) is 24.7 Å². The Kier molecular flexibility index (Phi) is 6.15. The maximum Gasteiger partial charge on any atom is 0.183 e. The normalized spacial score (nSPS) is 32.9. The van der Waals surface area contributed by atoms with Crippen LogP contribution in [0, 0.1) is 22.7 Å². The minimum atomic E-state index is -0.209. The second-order valence-electron chi connectivity index (χ2n) is 7.86. The van der Waals surface area contributed by atoms with E-state index >= 15 is 0 Å². The summed E-state index contributed by atoms with van der Waals surface area (Å²) in [6, 6.07) is 11.4. The molecular weight excluding hydrogens is 310 g/mol. The monoisotopic (exact) mass is 341 g/mol. The maximum absolute atomic E-state index is 9.57. The van der Waals surface area contributed by atoms with Gasteiger partial charge in [0.25, 0.3) is 0 Å². The molecular formula is C22H31NO2. The molecule has 3 heteroatoms. The fourth-order valence-corrected chi connectivity index (χ4v) is 4.30. The van der Waals surface area contributed by atoms with Crippen molar-refractivity contribution in [2.45, 2.75) is 71.0 Å². The molecule has 0 radical (unpaired) electrons. The molecule has 1 aromatic carbocycles. The van der Waals surface area contributed by atoms with Gasteiger partial charge in [-0.2, -0.15) is 5.26 Å². The fraction of sp³-hybridized carbons (Fsp3) is 0.682. The Morgan fingerprint density at radius 2 is 1.64 bits per heavy atom. The Morgan fingerprint density at radius 1 is 1.04 bits per heavy atom. The van der Waals surface area contributed by atoms with E-state index in [0.29, 0.717) is 11.8 Å². The van der Waals surface area contributed by atoms with Crippen LogP contribution < -0.4 is 0 Å². The molecule has 1 aliphatic carbocycles. The van der Waals surface area contributed by atoms with E-state index in [0.717, 1.165) is 63.7 Å². The molecule has 136 valence electrons. The van der Waals surface area contributed by atoms with Gasteiger partial charge in [0.1, 0.15) is 0 Å². The summed E-state index contributed by atoms with van der Waals surface area (Å²) in [7, 11) is 0. The summed E-state index contributed by atoms with van der Waals surface area (Å²) in [6.07, 6.45) is 7.38. The van der Waals surface area contributed by atoms with E-state index in [1.54, 1.807) is 0 Å². The average Bonchev–Trinajstić information content (AvgIpc) is 2.69. The standard InChI is InChI=1S/C22H31NO2/c1-3-11-22(16-23)12-9-19(10-13-22)18-5-7-20(8-6-18)21-24-14-17(4-2)15-25-21/h5-8,17,19,21H,3-4,9-15H2,1-2H3. The zero-order valence-electron chi connectivity index (χ0n) is 15.7. The molecule has 1 saturated carbocycles. The van der Waals surface area contributed by atoms with E-state index in [1.165, 1.54) is 5.56 Å². The molecule has 2 aliphatic rings. The van der Waals surface area contributed by atoms with Gasteiger partial charge in [0, 0.05) is 11.5 Å². The van der Waals surface area contributed by atoms with Crippen LogP contribution in [0.15, 0.2) is 24.3 Å². The van der Waals surface area contributed by atoms with E-state index in [4.69, 9.17) is 9.47 Å². The first-order chi connectivity index (χ1) is 12.2. The SMILES string of the molecule is CCCC1(C#N)CCC(c2ccc(C3OCC(CC)CO3)cc2)CC1. The van der Waals surface area contributed by atoms with Crippen LogP contribution in [0.2, 0.25) is 0 Å². The second-order valence-corrected chi connectivity index (χ2v) is 7.86. The molecule has 0 atom stereocenters. The molecule has 2 fully saturated rings. The minimum Gasteiger partial charge on any atom is -0.348 e. The van der Waals surface area contributed by atoms with Crippen LogP contribution in [0.4, 0.5) is 0 Å². The highest BCUT2D eigenvalue weighted by Gasteiger charge is 2.35. The van der Waals surface area contributed by atoms with E-state index < -0.39 is 0 Å². The molecule has 1 heterocycles. The van der Waals surface area contributed by atoms with Crippen molar-refractivity contribution in [3.63, 3.8) is 0 Å². The Balaban J connectivity index is 1.58. The number of hydrogen-bond donors (Lipinski definition) is 0. The van der Waals surface area contributed by atoms with E-state index in [9.17, 15) is 5.26 Å². The van der Waals surface area contributed by atoms with Crippen LogP contribution in [0.1, 0.15) is 82.1 Å². The van der Waals surface area contributed by atoms with Gasteiger partial charge >= 0.3 is 0 Å². The van der Waals surface area contributed by atoms with Crippen molar-refractivity contribution in [2.24, 2.45) is 11.3 Å². The van der Waals surface area contributed by atoms with Gasteiger partial charge in [0.15, 0.2) is 6.29 Å². The Morgan fingerprint density at radius 3 is 2.16 bits per heavy atom. The van der Waals surface area contributed by atoms with Crippen molar-refractivity contribution < 1.29 is 9.47 Å². The van der Waals surface area contributed by atoms with Gasteiger partial charge < -0.3 is 9.47 Å². The van der Waals surface area contributed by atoms with Crippen LogP contribution in [0.25, 0.3) is 0 Å². The van der Waals surface area contributed by atoms with Gasteiger partial charge in [-0.05, 0) is 50.0 Å². The molecule has 1 aromatic rings. The predicted molar refractivity (Wildman–Crippen MR) is 99.0 cm³/mol. The molecule has 0 aromatic heterocycles. The summed E-state index contributed by atoms with van der Waals surface area (Å²) in [6.45, 7) is 5.94. The lowest BCUT2D eigenvalue weighted by Crippen LogP contribution is -2.26. The first-order valence-corrected chi connectivity index (χ1v) is 9.94. The Hall–Kier alpha value is -1.37. The smallest absolute Gasteiger partial charge is 0.183 e. The van der Waals surface area contributed by atoms with Crippen LogP contribution in [-0.2, 0) is 9.47 Å². The highest BCUT2D eigenvalue weighted by molar-refractivity contribution is 5.27. The lowest BCUT2D eigenvalue weighted by Gasteiger charge is -2.35. The van der Waals surface area contributed by atoms with Gasteiger partial charge in [-0.1, -0.05) is 44.5 Å². The molecule has 1 aliphatic heterocycles. The third-order valence-electron chi connectivity index (χ3n) is 6.13. The largest absolute Gasteiger partial charge is 0.348 e. The number of nitriles is 1. The summed E-state index contributed by atoms with van der Waals surface area (Å²) >= 11 is 0. The van der Waals surface area contributed by atoms with Crippen molar-refractivity contribution in [3.05, 3.63) is 35.4 Å². The van der Waals surface area contributed by atoms with Gasteiger partial charge in [0.2, 0.25) is 0 Å². The number of ether oxygens (including phenoxy) is 2. The quantitative estimate of drug-likeness (QED) is 0.687. The highest BCUT2D eigenvalue weighted by Crippen LogP contribution is 2.45. The van der Waals surface area contributed by atoms with E-state index in [-0.39, 0.29) is 11.7 Å². The summed E-state index contributed by atoms with van der Waals surface area (Å²) in [5.41, 5.74) is 2.45. The minimum absolute atomic E-state index is 0.0647. The van der Waals surface area contributed by atoms with Crippen molar-refractivity contribution in [2.75, 3.05) is 13.2 Å². The van der Waals surface area contributed by atoms with E-state index in [1.807, 2.05) is 0 Å². The zero-order valence-corrected chi connectivity index (χ0v) is 15.7. The number of benzene rings is 1. The van der Waals surface area contributed by atoms with Gasteiger partial charge in [-0.25, -0.2) is 0 Å². The molecule has 3 rings (SSSR count). The third kappa shape index (κ3) is 4.25. The first-order valence-electron chi connectivity index (χ1n) is 9.94. The zero-order chi connectivity index (χ0) is 17.7. The van der Waals surface area contributed by atoms with Crippen LogP contribution in [0.5, 0.6) is 0 Å². The van der Waals surface area contributed by atoms with Gasteiger partial charge in [-0.15, -0.1) is 0 Å². The number of rotatable bonds is 5. The molecule has 0 bridgehead atoms. The maximum atomic E-state index is 9.57. The molecule has 0 amide bonds. The molecule has 1 saturated heterocycles.